The molecule has 0 radical (unpaired) electrons. The van der Waals surface area contributed by atoms with Crippen LogP contribution in [0, 0.1) is 0 Å². The Bertz CT molecular complexity index is 891. The molecule has 1 aromatic rings. The van der Waals surface area contributed by atoms with Crippen molar-refractivity contribution in [1.29, 1.82) is 0 Å². The van der Waals surface area contributed by atoms with E-state index in [-0.39, 0.29) is 32.9 Å². The van der Waals surface area contributed by atoms with Crippen molar-refractivity contribution in [2.24, 2.45) is 0 Å². The first kappa shape index (κ1) is 23.5. The number of hydrogen-bond donors (Lipinski definition) is 2. The molecule has 2 fully saturated rings. The van der Waals surface area contributed by atoms with Crippen molar-refractivity contribution in [2.75, 3.05) is 26.9 Å². The number of methoxy groups -OCH3 is 1. The molecule has 2 bridgehead atoms. The van der Waals surface area contributed by atoms with Crippen LogP contribution in [0.4, 0.5) is 0 Å². The summed E-state index contributed by atoms with van der Waals surface area (Å²) in [5.74, 6) is -2.65. The Labute approximate surface area is 189 Å². The van der Waals surface area contributed by atoms with Crippen LogP contribution in [0.3, 0.4) is 0 Å². The Hall–Kier alpha value is -2.65. The predicted molar refractivity (Wildman–Crippen MR) is 105 cm³/mol. The number of hydrogen-bond acceptors (Lipinski definition) is 11. The maximum Gasteiger partial charge on any atom is 0.330 e. The van der Waals surface area contributed by atoms with E-state index in [0.717, 1.165) is 0 Å². The third-order valence-corrected chi connectivity index (χ3v) is 5.25. The largest absolute Gasteiger partial charge is 0.467 e. The second-order valence-corrected chi connectivity index (χ2v) is 8.29. The second kappa shape index (κ2) is 9.69. The summed E-state index contributed by atoms with van der Waals surface area (Å²) < 4.78 is 35.3. The van der Waals surface area contributed by atoms with E-state index in [4.69, 9.17) is 28.4 Å². The minimum absolute atomic E-state index is 0.0528. The Morgan fingerprint density at radius 1 is 1.21 bits per heavy atom. The van der Waals surface area contributed by atoms with Crippen molar-refractivity contribution >= 4 is 17.8 Å². The highest BCUT2D eigenvalue weighted by Gasteiger charge is 2.55. The molecule has 1 aromatic heterocycles. The molecule has 3 aliphatic heterocycles. The zero-order chi connectivity index (χ0) is 23.6. The summed E-state index contributed by atoms with van der Waals surface area (Å²) >= 11 is 0. The Morgan fingerprint density at radius 2 is 2.03 bits per heavy atom. The summed E-state index contributed by atoms with van der Waals surface area (Å²) in [5.41, 5.74) is 0.510. The summed E-state index contributed by atoms with van der Waals surface area (Å²) in [6.07, 6.45) is -0.690. The van der Waals surface area contributed by atoms with Crippen LogP contribution in [0.25, 0.3) is 0 Å². The van der Waals surface area contributed by atoms with Gasteiger partial charge in [-0.05, 0) is 13.8 Å². The average Bonchev–Trinajstić information content (AvgIpc) is 3.41. The van der Waals surface area contributed by atoms with E-state index in [1.165, 1.54) is 7.11 Å². The number of amides is 2. The molecule has 2 amide bonds. The highest BCUT2D eigenvalue weighted by molar-refractivity contribution is 5.88. The van der Waals surface area contributed by atoms with Gasteiger partial charge in [-0.3, -0.25) is 9.59 Å². The van der Waals surface area contributed by atoms with Crippen LogP contribution in [0.1, 0.15) is 19.5 Å². The molecule has 0 saturated carbocycles. The van der Waals surface area contributed by atoms with Gasteiger partial charge in [-0.2, -0.15) is 0 Å². The summed E-state index contributed by atoms with van der Waals surface area (Å²) in [6.45, 7) is 3.01. The lowest BCUT2D eigenvalue weighted by atomic mass is 10.1. The smallest absolute Gasteiger partial charge is 0.330 e. The van der Waals surface area contributed by atoms with Crippen LogP contribution in [0.5, 0.6) is 0 Å². The van der Waals surface area contributed by atoms with Crippen LogP contribution in [-0.4, -0.2) is 96.1 Å². The van der Waals surface area contributed by atoms with Crippen molar-refractivity contribution in [2.45, 2.75) is 63.4 Å². The first-order valence-corrected chi connectivity index (χ1v) is 10.5. The summed E-state index contributed by atoms with van der Waals surface area (Å²) in [4.78, 5) is 36.4. The van der Waals surface area contributed by atoms with Crippen LogP contribution >= 0.6 is 0 Å². The number of carbonyl (C=O) groups is 3. The molecular formula is C19H27N5O9. The quantitative estimate of drug-likeness (QED) is 0.431. The molecular weight excluding hydrogens is 442 g/mol. The maximum absolute atomic E-state index is 12.3. The van der Waals surface area contributed by atoms with Crippen molar-refractivity contribution in [3.63, 3.8) is 0 Å². The van der Waals surface area contributed by atoms with Gasteiger partial charge in [0.1, 0.15) is 30.6 Å². The minimum atomic E-state index is -1.05. The number of nitrogens with one attached hydrogen (secondary N) is 2. The zero-order valence-corrected chi connectivity index (χ0v) is 18.5. The first-order chi connectivity index (χ1) is 15.7. The summed E-state index contributed by atoms with van der Waals surface area (Å²) in [5, 5.41) is 13.0. The summed E-state index contributed by atoms with van der Waals surface area (Å²) in [6, 6.07) is -1.05. The lowest BCUT2D eigenvalue weighted by Gasteiger charge is -2.25. The lowest BCUT2D eigenvalue weighted by molar-refractivity contribution is -0.219. The van der Waals surface area contributed by atoms with Crippen molar-refractivity contribution in [3.05, 3.63) is 11.9 Å². The molecule has 3 aliphatic rings. The number of carbonyl (C=O) groups excluding carboxylic acids is 3. The standard InChI is InChI=1S/C19H27N5O9/c1-19(2)32-16-15-12(31-18(16)33-19)6-24-5-10(22-23-24)7-29-8-11(17(27)28-3)21-13(25)4-20-14(26)9-30-15/h5,11-12,15-16,18H,4,6-9H2,1-3H3,(H,20,26)(H,21,25)/t11?,12-,15+,16-,18-/m1/s1. The third-order valence-electron chi connectivity index (χ3n) is 5.25. The normalized spacial score (nSPS) is 32.8. The first-order valence-electron chi connectivity index (χ1n) is 10.5. The van der Waals surface area contributed by atoms with Gasteiger partial charge in [-0.25, -0.2) is 9.48 Å². The van der Waals surface area contributed by atoms with E-state index < -0.39 is 54.2 Å². The fourth-order valence-corrected chi connectivity index (χ4v) is 3.81. The maximum atomic E-state index is 12.3. The summed E-state index contributed by atoms with van der Waals surface area (Å²) in [7, 11) is 1.20. The van der Waals surface area contributed by atoms with Crippen molar-refractivity contribution < 1.29 is 42.8 Å². The molecule has 4 rings (SSSR count). The molecule has 2 N–H and O–H groups in total. The van der Waals surface area contributed by atoms with E-state index in [2.05, 4.69) is 20.9 Å². The van der Waals surface area contributed by atoms with Crippen LogP contribution in [0.15, 0.2) is 6.20 Å². The van der Waals surface area contributed by atoms with E-state index in [1.807, 2.05) is 0 Å². The van der Waals surface area contributed by atoms with Crippen LogP contribution in [-0.2, 0) is 56.0 Å². The molecule has 5 atom stereocenters. The number of nitrogens with zero attached hydrogens (tertiary/aromatic N) is 3. The van der Waals surface area contributed by atoms with Gasteiger partial charge in [0.2, 0.25) is 11.8 Å². The molecule has 0 spiro atoms. The van der Waals surface area contributed by atoms with Gasteiger partial charge in [0.25, 0.3) is 0 Å². The molecule has 2 saturated heterocycles. The predicted octanol–water partition coefficient (Wildman–Crippen LogP) is -2.16. The van der Waals surface area contributed by atoms with Gasteiger partial charge in [-0.15, -0.1) is 5.10 Å². The molecule has 1 unspecified atom stereocenters. The second-order valence-electron chi connectivity index (χ2n) is 8.29. The number of rotatable bonds is 1. The SMILES string of the molecule is COC(=O)C1COCc2cn(nn2)C[C@H]2O[C@@H]3OC(C)(C)O[C@@H]3[C@H]2OCC(=O)NCC(=O)N1. The van der Waals surface area contributed by atoms with Crippen LogP contribution in [0.2, 0.25) is 0 Å². The minimum Gasteiger partial charge on any atom is -0.467 e. The molecule has 0 aromatic carbocycles. The van der Waals surface area contributed by atoms with Gasteiger partial charge in [0.15, 0.2) is 18.1 Å². The molecule has 14 nitrogen and oxygen atoms in total. The number of ether oxygens (including phenoxy) is 6. The Balaban J connectivity index is 1.50. The van der Waals surface area contributed by atoms with Crippen molar-refractivity contribution in [1.82, 2.24) is 25.6 Å². The molecule has 33 heavy (non-hydrogen) atoms. The average molecular weight is 469 g/mol. The van der Waals surface area contributed by atoms with Crippen molar-refractivity contribution in [3.8, 4) is 0 Å². The van der Waals surface area contributed by atoms with Crippen LogP contribution < -0.4 is 10.6 Å². The zero-order valence-electron chi connectivity index (χ0n) is 18.5. The van der Waals surface area contributed by atoms with E-state index in [1.54, 1.807) is 24.7 Å². The molecule has 0 aliphatic carbocycles. The molecule has 4 heterocycles. The number of esters is 1. The number of aromatic nitrogens is 3. The highest BCUT2D eigenvalue weighted by Crippen LogP contribution is 2.39. The molecule has 182 valence electrons. The van der Waals surface area contributed by atoms with Gasteiger partial charge in [0, 0.05) is 0 Å². The Kier molecular flexibility index (Phi) is 6.90. The third kappa shape index (κ3) is 5.65. The fraction of sp³-hybridized carbons (Fsp3) is 0.737. The molecule has 14 heteroatoms. The van der Waals surface area contributed by atoms with Gasteiger partial charge < -0.3 is 39.1 Å². The van der Waals surface area contributed by atoms with E-state index >= 15 is 0 Å². The topological polar surface area (TPSA) is 161 Å². The Morgan fingerprint density at radius 3 is 2.82 bits per heavy atom. The monoisotopic (exact) mass is 469 g/mol. The van der Waals surface area contributed by atoms with Gasteiger partial charge in [-0.1, -0.05) is 5.21 Å². The van der Waals surface area contributed by atoms with Gasteiger partial charge in [0.05, 0.1) is 39.6 Å². The number of fused-ring (bicyclic) bond motifs is 5. The van der Waals surface area contributed by atoms with Gasteiger partial charge >= 0.3 is 5.97 Å². The lowest BCUT2D eigenvalue weighted by Crippen LogP contribution is -2.48. The highest BCUT2D eigenvalue weighted by atomic mass is 16.8. The van der Waals surface area contributed by atoms with E-state index in [9.17, 15) is 14.4 Å². The van der Waals surface area contributed by atoms with E-state index in [0.29, 0.717) is 5.69 Å². The fourth-order valence-electron chi connectivity index (χ4n) is 3.81.